The fourth-order valence-electron chi connectivity index (χ4n) is 2.69. The van der Waals surface area contributed by atoms with Crippen LogP contribution in [0, 0.1) is 12.8 Å². The predicted molar refractivity (Wildman–Crippen MR) is 117 cm³/mol. The van der Waals surface area contributed by atoms with Crippen molar-refractivity contribution >= 4 is 34.3 Å². The van der Waals surface area contributed by atoms with Gasteiger partial charge in [-0.25, -0.2) is 9.78 Å². The molecule has 0 aliphatic heterocycles. The number of hydrogen-bond acceptors (Lipinski definition) is 7. The molecule has 0 unspecified atom stereocenters. The SMILES string of the molecule is Cc1ccc(-c2csc(NC(=O)COC(=O)[C@H](NC(=O)c3ccco3)C(C)C)n2)cc1. The maximum atomic E-state index is 12.4. The van der Waals surface area contributed by atoms with E-state index in [-0.39, 0.29) is 11.7 Å². The summed E-state index contributed by atoms with van der Waals surface area (Å²) in [6.45, 7) is 5.04. The highest BCUT2D eigenvalue weighted by Crippen LogP contribution is 2.25. The van der Waals surface area contributed by atoms with Crippen LogP contribution in [0.3, 0.4) is 0 Å². The summed E-state index contributed by atoms with van der Waals surface area (Å²) >= 11 is 1.28. The van der Waals surface area contributed by atoms with Gasteiger partial charge in [0.1, 0.15) is 6.04 Å². The Morgan fingerprint density at radius 2 is 1.90 bits per heavy atom. The first-order chi connectivity index (χ1) is 14.8. The van der Waals surface area contributed by atoms with Gasteiger partial charge in [-0.3, -0.25) is 14.9 Å². The van der Waals surface area contributed by atoms with Gasteiger partial charge < -0.3 is 14.5 Å². The van der Waals surface area contributed by atoms with Gasteiger partial charge in [-0.15, -0.1) is 11.3 Å². The summed E-state index contributed by atoms with van der Waals surface area (Å²) in [5.74, 6) is -1.91. The van der Waals surface area contributed by atoms with E-state index >= 15 is 0 Å². The minimum absolute atomic E-state index is 0.0874. The summed E-state index contributed by atoms with van der Waals surface area (Å²) in [4.78, 5) is 41.1. The molecule has 2 amide bonds. The normalized spacial score (nSPS) is 11.7. The van der Waals surface area contributed by atoms with E-state index in [1.54, 1.807) is 19.9 Å². The summed E-state index contributed by atoms with van der Waals surface area (Å²) in [5.41, 5.74) is 2.84. The van der Waals surface area contributed by atoms with Crippen LogP contribution in [-0.4, -0.2) is 35.4 Å². The summed E-state index contributed by atoms with van der Waals surface area (Å²) in [6.07, 6.45) is 1.37. The van der Waals surface area contributed by atoms with Crippen molar-refractivity contribution in [3.8, 4) is 11.3 Å². The number of carbonyl (C=O) groups is 3. The van der Waals surface area contributed by atoms with Gasteiger partial charge in [0.2, 0.25) is 0 Å². The quantitative estimate of drug-likeness (QED) is 0.516. The van der Waals surface area contributed by atoms with Crippen molar-refractivity contribution in [1.29, 1.82) is 0 Å². The molecule has 0 aliphatic carbocycles. The number of rotatable bonds is 8. The highest BCUT2D eigenvalue weighted by Gasteiger charge is 2.27. The number of thiazole rings is 1. The number of aryl methyl sites for hydroxylation is 1. The molecule has 0 saturated heterocycles. The third-order valence-corrected chi connectivity index (χ3v) is 5.15. The molecule has 2 N–H and O–H groups in total. The van der Waals surface area contributed by atoms with E-state index in [1.165, 1.54) is 23.7 Å². The molecule has 0 saturated carbocycles. The highest BCUT2D eigenvalue weighted by molar-refractivity contribution is 7.14. The number of amides is 2. The number of nitrogens with one attached hydrogen (secondary N) is 2. The summed E-state index contributed by atoms with van der Waals surface area (Å²) in [5, 5.41) is 7.43. The van der Waals surface area contributed by atoms with Crippen LogP contribution >= 0.6 is 11.3 Å². The van der Waals surface area contributed by atoms with E-state index in [1.807, 2.05) is 36.6 Å². The van der Waals surface area contributed by atoms with Crippen LogP contribution in [0.15, 0.2) is 52.5 Å². The van der Waals surface area contributed by atoms with Crippen LogP contribution in [0.4, 0.5) is 5.13 Å². The smallest absolute Gasteiger partial charge is 0.329 e. The van der Waals surface area contributed by atoms with Gasteiger partial charge in [-0.1, -0.05) is 43.7 Å². The number of ether oxygens (including phenoxy) is 1. The van der Waals surface area contributed by atoms with Crippen molar-refractivity contribution < 1.29 is 23.5 Å². The number of anilines is 1. The van der Waals surface area contributed by atoms with E-state index in [4.69, 9.17) is 9.15 Å². The Morgan fingerprint density at radius 3 is 2.55 bits per heavy atom. The first-order valence-corrected chi connectivity index (χ1v) is 10.5. The second-order valence-corrected chi connectivity index (χ2v) is 8.09. The monoisotopic (exact) mass is 441 g/mol. The Morgan fingerprint density at radius 1 is 1.16 bits per heavy atom. The van der Waals surface area contributed by atoms with Crippen molar-refractivity contribution in [1.82, 2.24) is 10.3 Å². The Balaban J connectivity index is 1.52. The molecule has 0 radical (unpaired) electrons. The molecule has 2 heterocycles. The molecule has 3 aromatic rings. The molecular weight excluding hydrogens is 418 g/mol. The van der Waals surface area contributed by atoms with E-state index in [9.17, 15) is 14.4 Å². The van der Waals surface area contributed by atoms with Gasteiger partial charge in [-0.2, -0.15) is 0 Å². The summed E-state index contributed by atoms with van der Waals surface area (Å²) in [7, 11) is 0. The highest BCUT2D eigenvalue weighted by atomic mass is 32.1. The van der Waals surface area contributed by atoms with Gasteiger partial charge >= 0.3 is 5.97 Å². The van der Waals surface area contributed by atoms with Gasteiger partial charge in [0, 0.05) is 10.9 Å². The first-order valence-electron chi connectivity index (χ1n) is 9.67. The number of furan rings is 1. The lowest BCUT2D eigenvalue weighted by Crippen LogP contribution is -2.45. The van der Waals surface area contributed by atoms with Crippen molar-refractivity contribution in [3.05, 3.63) is 59.4 Å². The Labute approximate surface area is 183 Å². The van der Waals surface area contributed by atoms with Crippen molar-refractivity contribution in [3.63, 3.8) is 0 Å². The number of aromatic nitrogens is 1. The second kappa shape index (κ2) is 10.0. The van der Waals surface area contributed by atoms with E-state index in [0.29, 0.717) is 5.13 Å². The van der Waals surface area contributed by atoms with Crippen LogP contribution in [-0.2, 0) is 14.3 Å². The largest absolute Gasteiger partial charge is 0.459 e. The van der Waals surface area contributed by atoms with E-state index < -0.39 is 30.4 Å². The van der Waals surface area contributed by atoms with Gasteiger partial charge in [0.05, 0.1) is 12.0 Å². The lowest BCUT2D eigenvalue weighted by atomic mass is 10.0. The molecule has 1 aromatic carbocycles. The second-order valence-electron chi connectivity index (χ2n) is 7.23. The number of hydrogen-bond donors (Lipinski definition) is 2. The molecule has 2 aromatic heterocycles. The third kappa shape index (κ3) is 6.02. The molecule has 31 heavy (non-hydrogen) atoms. The number of esters is 1. The van der Waals surface area contributed by atoms with Crippen molar-refractivity contribution in [2.75, 3.05) is 11.9 Å². The molecular formula is C22H23N3O5S. The van der Waals surface area contributed by atoms with E-state index in [2.05, 4.69) is 15.6 Å². The molecule has 3 rings (SSSR count). The first kappa shape index (κ1) is 22.2. The minimum atomic E-state index is -0.918. The molecule has 8 nitrogen and oxygen atoms in total. The lowest BCUT2D eigenvalue weighted by molar-refractivity contribution is -0.150. The molecule has 0 aliphatic rings. The number of carbonyl (C=O) groups excluding carboxylic acids is 3. The zero-order valence-electron chi connectivity index (χ0n) is 17.4. The molecule has 0 fully saturated rings. The molecule has 0 bridgehead atoms. The fourth-order valence-corrected chi connectivity index (χ4v) is 3.42. The molecule has 1 atom stereocenters. The maximum Gasteiger partial charge on any atom is 0.329 e. The zero-order chi connectivity index (χ0) is 22.4. The minimum Gasteiger partial charge on any atom is -0.459 e. The van der Waals surface area contributed by atoms with Gasteiger partial charge in [0.15, 0.2) is 17.5 Å². The van der Waals surface area contributed by atoms with Gasteiger partial charge in [-0.05, 0) is 25.0 Å². The predicted octanol–water partition coefficient (Wildman–Crippen LogP) is 3.65. The van der Waals surface area contributed by atoms with Crippen LogP contribution < -0.4 is 10.6 Å². The Bertz CT molecular complexity index is 1040. The maximum absolute atomic E-state index is 12.4. The van der Waals surface area contributed by atoms with Crippen LogP contribution in [0.2, 0.25) is 0 Å². The zero-order valence-corrected chi connectivity index (χ0v) is 18.2. The Kier molecular flexibility index (Phi) is 7.19. The molecule has 9 heteroatoms. The summed E-state index contributed by atoms with van der Waals surface area (Å²) in [6, 6.07) is 10.0. The average molecular weight is 442 g/mol. The third-order valence-electron chi connectivity index (χ3n) is 4.40. The van der Waals surface area contributed by atoms with Gasteiger partial charge in [0.25, 0.3) is 11.8 Å². The molecule has 0 spiro atoms. The van der Waals surface area contributed by atoms with Crippen molar-refractivity contribution in [2.24, 2.45) is 5.92 Å². The topological polar surface area (TPSA) is 111 Å². The standard InChI is InChI=1S/C22H23N3O5S/c1-13(2)19(25-20(27)17-5-4-10-29-17)21(28)30-11-18(26)24-22-23-16(12-31-22)15-8-6-14(3)7-9-15/h4-10,12-13,19H,11H2,1-3H3,(H,25,27)(H,23,24,26)/t19-/m1/s1. The number of nitrogens with zero attached hydrogens (tertiary/aromatic N) is 1. The van der Waals surface area contributed by atoms with Crippen LogP contribution in [0.1, 0.15) is 30.0 Å². The van der Waals surface area contributed by atoms with Crippen molar-refractivity contribution in [2.45, 2.75) is 26.8 Å². The fraction of sp³-hybridized carbons (Fsp3) is 0.273. The van der Waals surface area contributed by atoms with Crippen LogP contribution in [0.25, 0.3) is 11.3 Å². The van der Waals surface area contributed by atoms with E-state index in [0.717, 1.165) is 16.8 Å². The summed E-state index contributed by atoms with van der Waals surface area (Å²) < 4.78 is 10.1. The molecule has 162 valence electrons. The average Bonchev–Trinajstić information content (AvgIpc) is 3.43. The number of benzene rings is 1. The van der Waals surface area contributed by atoms with Crippen LogP contribution in [0.5, 0.6) is 0 Å². The lowest BCUT2D eigenvalue weighted by Gasteiger charge is -2.20. The Hall–Kier alpha value is -3.46.